The fourth-order valence-corrected chi connectivity index (χ4v) is 8.50. The summed E-state index contributed by atoms with van der Waals surface area (Å²) in [6.45, 7) is 0. The van der Waals surface area contributed by atoms with Gasteiger partial charge >= 0.3 is 0 Å². The summed E-state index contributed by atoms with van der Waals surface area (Å²) in [5, 5.41) is 7.45. The normalized spacial score (nSPS) is 12.0. The number of hydrogen-bond donors (Lipinski definition) is 0. The first-order chi connectivity index (χ1) is 22.3. The van der Waals surface area contributed by atoms with Crippen molar-refractivity contribution in [1.82, 2.24) is 4.57 Å². The Morgan fingerprint density at radius 3 is 2.11 bits per heavy atom. The molecule has 0 saturated heterocycles. The smallest absolute Gasteiger partial charge is 0.136 e. The number of fused-ring (bicyclic) bond motifs is 10. The van der Waals surface area contributed by atoms with E-state index in [9.17, 15) is 0 Å². The van der Waals surface area contributed by atoms with Gasteiger partial charge in [0, 0.05) is 42.7 Å². The largest absolute Gasteiger partial charge is 0.456 e. The maximum atomic E-state index is 6.35. The van der Waals surface area contributed by atoms with E-state index in [-0.39, 0.29) is 0 Å². The van der Waals surface area contributed by atoms with Crippen LogP contribution < -0.4 is 0 Å². The first-order valence-electron chi connectivity index (χ1n) is 15.3. The lowest BCUT2D eigenvalue weighted by atomic mass is 9.91. The lowest BCUT2D eigenvalue weighted by Crippen LogP contribution is -1.96. The van der Waals surface area contributed by atoms with Crippen LogP contribution in [-0.2, 0) is 0 Å². The van der Waals surface area contributed by atoms with E-state index in [4.69, 9.17) is 4.42 Å². The van der Waals surface area contributed by atoms with Crippen molar-refractivity contribution >= 4 is 75.3 Å². The molecule has 2 nitrogen and oxygen atoms in total. The van der Waals surface area contributed by atoms with E-state index in [0.29, 0.717) is 0 Å². The van der Waals surface area contributed by atoms with Crippen molar-refractivity contribution in [3.8, 4) is 27.9 Å². The van der Waals surface area contributed by atoms with Crippen molar-refractivity contribution in [3.63, 3.8) is 0 Å². The monoisotopic (exact) mass is 591 g/mol. The molecule has 0 N–H and O–H groups in total. The number of benzene rings is 7. The molecule has 10 aromatic rings. The van der Waals surface area contributed by atoms with Crippen LogP contribution in [0.2, 0.25) is 0 Å². The molecule has 10 rings (SSSR count). The summed E-state index contributed by atoms with van der Waals surface area (Å²) >= 11 is 1.89. The van der Waals surface area contributed by atoms with Gasteiger partial charge in [-0.1, -0.05) is 115 Å². The second-order valence-corrected chi connectivity index (χ2v) is 12.7. The maximum Gasteiger partial charge on any atom is 0.136 e. The molecule has 45 heavy (non-hydrogen) atoms. The first kappa shape index (κ1) is 24.8. The topological polar surface area (TPSA) is 18.1 Å². The van der Waals surface area contributed by atoms with Crippen molar-refractivity contribution < 1.29 is 4.42 Å². The molecule has 0 atom stereocenters. The number of thiophene rings is 1. The van der Waals surface area contributed by atoms with Crippen molar-refractivity contribution in [2.24, 2.45) is 0 Å². The minimum atomic E-state index is 0.905. The minimum absolute atomic E-state index is 0.905. The van der Waals surface area contributed by atoms with E-state index in [1.54, 1.807) is 0 Å². The lowest BCUT2D eigenvalue weighted by Gasteiger charge is -2.16. The van der Waals surface area contributed by atoms with E-state index in [0.717, 1.165) is 27.6 Å². The molecule has 0 fully saturated rings. The Morgan fingerprint density at radius 1 is 0.467 bits per heavy atom. The molecular formula is C42H25NOS. The van der Waals surface area contributed by atoms with E-state index in [1.807, 2.05) is 17.4 Å². The molecule has 0 aliphatic heterocycles. The number of nitrogens with zero attached hydrogens (tertiary/aromatic N) is 1. The summed E-state index contributed by atoms with van der Waals surface area (Å²) < 4.78 is 11.5. The summed E-state index contributed by atoms with van der Waals surface area (Å²) in [4.78, 5) is 0. The molecule has 210 valence electrons. The Balaban J connectivity index is 1.34. The van der Waals surface area contributed by atoms with Gasteiger partial charge in [-0.15, -0.1) is 11.3 Å². The summed E-state index contributed by atoms with van der Waals surface area (Å²) in [6.07, 6.45) is 0. The van der Waals surface area contributed by atoms with Gasteiger partial charge < -0.3 is 8.98 Å². The van der Waals surface area contributed by atoms with Crippen LogP contribution in [0.4, 0.5) is 0 Å². The molecule has 0 unspecified atom stereocenters. The Hall–Kier alpha value is -5.64. The van der Waals surface area contributed by atoms with Gasteiger partial charge in [0.15, 0.2) is 0 Å². The van der Waals surface area contributed by atoms with E-state index < -0.39 is 0 Å². The van der Waals surface area contributed by atoms with Crippen LogP contribution in [0.1, 0.15) is 0 Å². The number of furan rings is 1. The predicted octanol–water partition coefficient (Wildman–Crippen LogP) is 12.4. The average molecular weight is 592 g/mol. The molecule has 0 radical (unpaired) electrons. The molecule has 3 heteroatoms. The Kier molecular flexibility index (Phi) is 5.19. The molecule has 0 amide bonds. The van der Waals surface area contributed by atoms with Gasteiger partial charge in [0.05, 0.1) is 15.7 Å². The molecule has 0 saturated carbocycles. The standard InChI is InChI=1S/C42H25NOS/c1-2-11-26(12-3-1)28-22-21-27(25-35(28)31-16-10-19-38-40(31)34-15-5-8-18-37(34)44-38)43-36-17-7-4-13-29(36)32-23-24-33-30-14-6-9-20-39(30)45-42(33)41(32)43/h1-25H. The summed E-state index contributed by atoms with van der Waals surface area (Å²) in [7, 11) is 0. The van der Waals surface area contributed by atoms with E-state index >= 15 is 0 Å². The third kappa shape index (κ3) is 3.56. The third-order valence-electron chi connectivity index (χ3n) is 9.22. The second-order valence-electron chi connectivity index (χ2n) is 11.7. The minimum Gasteiger partial charge on any atom is -0.456 e. The summed E-state index contributed by atoms with van der Waals surface area (Å²) in [5.41, 5.74) is 10.2. The SMILES string of the molecule is c1ccc(-c2ccc(-n3c4ccccc4c4ccc5c6ccccc6sc5c43)cc2-c2cccc3oc4ccccc4c23)cc1. The molecule has 0 spiro atoms. The van der Waals surface area contributed by atoms with Crippen LogP contribution in [0, 0.1) is 0 Å². The Bertz CT molecular complexity index is 2760. The lowest BCUT2D eigenvalue weighted by molar-refractivity contribution is 0.669. The van der Waals surface area contributed by atoms with Crippen LogP contribution in [0.25, 0.3) is 91.9 Å². The number of rotatable bonds is 3. The highest BCUT2D eigenvalue weighted by atomic mass is 32.1. The van der Waals surface area contributed by atoms with Crippen LogP contribution in [0.5, 0.6) is 0 Å². The molecule has 3 heterocycles. The average Bonchev–Trinajstić information content (AvgIpc) is 3.78. The zero-order valence-corrected chi connectivity index (χ0v) is 25.0. The van der Waals surface area contributed by atoms with Crippen LogP contribution in [-0.4, -0.2) is 4.57 Å². The highest BCUT2D eigenvalue weighted by Crippen LogP contribution is 2.45. The van der Waals surface area contributed by atoms with Crippen molar-refractivity contribution in [3.05, 3.63) is 152 Å². The summed E-state index contributed by atoms with van der Waals surface area (Å²) in [6, 6.07) is 54.7. The van der Waals surface area contributed by atoms with E-state index in [1.165, 1.54) is 64.2 Å². The molecule has 7 aromatic carbocycles. The molecule has 0 aliphatic rings. The second kappa shape index (κ2) is 9.43. The van der Waals surface area contributed by atoms with Gasteiger partial charge in [-0.3, -0.25) is 0 Å². The zero-order chi connectivity index (χ0) is 29.5. The van der Waals surface area contributed by atoms with Gasteiger partial charge in [-0.05, 0) is 58.7 Å². The Morgan fingerprint density at radius 2 is 1.20 bits per heavy atom. The van der Waals surface area contributed by atoms with Crippen LogP contribution >= 0.6 is 11.3 Å². The maximum absolute atomic E-state index is 6.35. The van der Waals surface area contributed by atoms with Crippen molar-refractivity contribution in [2.45, 2.75) is 0 Å². The van der Waals surface area contributed by atoms with Crippen molar-refractivity contribution in [2.75, 3.05) is 0 Å². The zero-order valence-electron chi connectivity index (χ0n) is 24.2. The van der Waals surface area contributed by atoms with Crippen LogP contribution in [0.3, 0.4) is 0 Å². The predicted molar refractivity (Wildman–Crippen MR) is 192 cm³/mol. The quantitative estimate of drug-likeness (QED) is 0.200. The highest BCUT2D eigenvalue weighted by Gasteiger charge is 2.20. The molecule has 3 aromatic heterocycles. The number of para-hydroxylation sites is 2. The number of hydrogen-bond acceptors (Lipinski definition) is 2. The third-order valence-corrected chi connectivity index (χ3v) is 10.4. The van der Waals surface area contributed by atoms with Crippen molar-refractivity contribution in [1.29, 1.82) is 0 Å². The Labute approximate surface area is 263 Å². The van der Waals surface area contributed by atoms with Gasteiger partial charge in [0.1, 0.15) is 11.2 Å². The molecule has 0 aliphatic carbocycles. The fraction of sp³-hybridized carbons (Fsp3) is 0. The van der Waals surface area contributed by atoms with Gasteiger partial charge in [-0.25, -0.2) is 0 Å². The van der Waals surface area contributed by atoms with Gasteiger partial charge in [0.25, 0.3) is 0 Å². The molecular weight excluding hydrogens is 567 g/mol. The fourth-order valence-electron chi connectivity index (χ4n) is 7.26. The van der Waals surface area contributed by atoms with Gasteiger partial charge in [0.2, 0.25) is 0 Å². The van der Waals surface area contributed by atoms with Gasteiger partial charge in [-0.2, -0.15) is 0 Å². The summed E-state index contributed by atoms with van der Waals surface area (Å²) in [5.74, 6) is 0. The molecule has 0 bridgehead atoms. The van der Waals surface area contributed by atoms with E-state index in [2.05, 4.69) is 150 Å². The number of aromatic nitrogens is 1. The first-order valence-corrected chi connectivity index (χ1v) is 16.1. The highest BCUT2D eigenvalue weighted by molar-refractivity contribution is 7.26. The van der Waals surface area contributed by atoms with Crippen LogP contribution in [0.15, 0.2) is 156 Å².